The topological polar surface area (TPSA) is 415 Å². The zero-order valence-electron chi connectivity index (χ0n) is 43.6. The van der Waals surface area contributed by atoms with Gasteiger partial charge in [0.2, 0.25) is 11.6 Å². The van der Waals surface area contributed by atoms with Gasteiger partial charge in [0.1, 0.15) is 25.5 Å². The molecule has 82 heavy (non-hydrogen) atoms. The summed E-state index contributed by atoms with van der Waals surface area (Å²) in [6.07, 6.45) is 0.713. The number of sulfonamides is 1. The molecule has 0 saturated heterocycles. The zero-order valence-corrected chi connectivity index (χ0v) is 44.4. The van der Waals surface area contributed by atoms with Crippen molar-refractivity contribution in [3.63, 3.8) is 0 Å². The average Bonchev–Trinajstić information content (AvgIpc) is 3.81. The Labute approximate surface area is 463 Å². The number of benzene rings is 2. The van der Waals surface area contributed by atoms with Crippen LogP contribution in [-0.4, -0.2) is 136 Å². The molecule has 35 heteroatoms. The Morgan fingerprint density at radius 3 is 2.01 bits per heavy atom. The van der Waals surface area contributed by atoms with Gasteiger partial charge in [-0.15, -0.1) is 35.4 Å². The van der Waals surface area contributed by atoms with Crippen molar-refractivity contribution in [2.45, 2.75) is 63.8 Å². The van der Waals surface area contributed by atoms with Crippen molar-refractivity contribution >= 4 is 34.1 Å². The van der Waals surface area contributed by atoms with E-state index in [1.54, 1.807) is 12.1 Å². The van der Waals surface area contributed by atoms with Crippen LogP contribution in [0, 0.1) is 30.3 Å². The molecule has 0 N–H and O–H groups in total. The van der Waals surface area contributed by atoms with Crippen LogP contribution in [0.25, 0.3) is 22.9 Å². The quantitative estimate of drug-likeness (QED) is 0.0116. The summed E-state index contributed by atoms with van der Waals surface area (Å²) in [5.41, 5.74) is 1.17. The highest BCUT2D eigenvalue weighted by Gasteiger charge is 2.35. The van der Waals surface area contributed by atoms with Crippen LogP contribution in [0.1, 0.15) is 66.9 Å². The Morgan fingerprint density at radius 2 is 1.38 bits per heavy atom. The number of pyridine rings is 2. The van der Waals surface area contributed by atoms with E-state index >= 15 is 8.42 Å². The Morgan fingerprint density at radius 1 is 0.720 bits per heavy atom. The zero-order chi connectivity index (χ0) is 59.0. The van der Waals surface area contributed by atoms with E-state index in [0.717, 1.165) is 4.68 Å². The monoisotopic (exact) mass is 1170 g/mol. The summed E-state index contributed by atoms with van der Waals surface area (Å²) in [5.74, 6) is -2.99. The smallest absolute Gasteiger partial charge is 0.493 e. The maximum Gasteiger partial charge on any atom is 0.510 e. The number of para-hydroxylation sites is 2. The van der Waals surface area contributed by atoms with Crippen LogP contribution in [-0.2, 0) is 61.6 Å². The van der Waals surface area contributed by atoms with Crippen LogP contribution in [0.5, 0.6) is 23.1 Å². The molecule has 4 aromatic heterocycles. The fourth-order valence-corrected chi connectivity index (χ4v) is 7.85. The Bertz CT molecular complexity index is 3260. The molecule has 34 nitrogen and oxygen atoms in total. The number of tetrazole rings is 1. The second-order valence-electron chi connectivity index (χ2n) is 16.6. The van der Waals surface area contributed by atoms with E-state index in [0.29, 0.717) is 15.4 Å². The van der Waals surface area contributed by atoms with Crippen molar-refractivity contribution in [3.05, 3.63) is 132 Å². The van der Waals surface area contributed by atoms with Crippen molar-refractivity contribution in [1.82, 2.24) is 40.1 Å². The first-order valence-electron chi connectivity index (χ1n) is 24.2. The average molecular weight is 1170 g/mol. The predicted molar refractivity (Wildman–Crippen MR) is 271 cm³/mol. The highest BCUT2D eigenvalue weighted by Crippen LogP contribution is 2.44. The SMILES string of the molecule is COc1ccccc1Oc1c(OCCOC(=O)c2ccc(CO[N+](=O)[O-])cc2)nc(-c2ccnc(-c3nnnn3COC(=O)OCCCCO[N+](=O)[O-])c2)nc1N(COC(=O)OCCCCO[N+](=O)[O-])S(=O)(=O)c1ccc(C(C)C)cn1. The molecule has 0 unspecified atom stereocenters. The minimum absolute atomic E-state index is 0.00687. The van der Waals surface area contributed by atoms with Gasteiger partial charge in [-0.05, 0) is 95.6 Å². The minimum atomic E-state index is -5.02. The minimum Gasteiger partial charge on any atom is -0.493 e. The summed E-state index contributed by atoms with van der Waals surface area (Å²) < 4.78 is 76.1. The van der Waals surface area contributed by atoms with Gasteiger partial charge in [0, 0.05) is 18.0 Å². The molecule has 0 saturated carbocycles. The lowest BCUT2D eigenvalue weighted by Crippen LogP contribution is -2.36. The van der Waals surface area contributed by atoms with E-state index in [4.69, 9.17) is 37.9 Å². The molecule has 0 aliphatic heterocycles. The largest absolute Gasteiger partial charge is 0.510 e. The molecule has 6 aromatic rings. The summed E-state index contributed by atoms with van der Waals surface area (Å²) >= 11 is 0. The summed E-state index contributed by atoms with van der Waals surface area (Å²) in [7, 11) is -3.68. The second-order valence-corrected chi connectivity index (χ2v) is 18.4. The van der Waals surface area contributed by atoms with Gasteiger partial charge < -0.3 is 52.4 Å². The number of anilines is 1. The second kappa shape index (κ2) is 30.1. The molecular formula is C47H50N12O22S. The molecule has 6 rings (SSSR count). The molecule has 0 fully saturated rings. The summed E-state index contributed by atoms with van der Waals surface area (Å²) in [5, 5.41) is 39.7. The Balaban J connectivity index is 1.42. The number of aromatic nitrogens is 8. The third-order valence-electron chi connectivity index (χ3n) is 10.7. The molecule has 0 amide bonds. The van der Waals surface area contributed by atoms with E-state index in [1.165, 1.54) is 80.2 Å². The highest BCUT2D eigenvalue weighted by atomic mass is 32.2. The summed E-state index contributed by atoms with van der Waals surface area (Å²) in [6.45, 7) is -0.420. The van der Waals surface area contributed by atoms with Crippen molar-refractivity contribution in [3.8, 4) is 46.0 Å². The van der Waals surface area contributed by atoms with E-state index in [1.807, 2.05) is 13.8 Å². The molecule has 0 atom stereocenters. The third-order valence-corrected chi connectivity index (χ3v) is 12.3. The fraction of sp³-hybridized carbons (Fsp3) is 0.362. The van der Waals surface area contributed by atoms with Crippen LogP contribution in [0.2, 0.25) is 0 Å². The number of hydrogen-bond donors (Lipinski definition) is 0. The molecule has 436 valence electrons. The van der Waals surface area contributed by atoms with E-state index < -0.39 is 92.7 Å². The molecule has 0 aliphatic rings. The maximum atomic E-state index is 15.1. The normalized spacial score (nSPS) is 10.9. The van der Waals surface area contributed by atoms with Gasteiger partial charge in [0.15, 0.2) is 41.6 Å². The predicted octanol–water partition coefficient (Wildman–Crippen LogP) is 5.85. The van der Waals surface area contributed by atoms with E-state index in [2.05, 4.69) is 50.0 Å². The summed E-state index contributed by atoms with van der Waals surface area (Å²) in [6, 6.07) is 17.2. The first kappa shape index (κ1) is 60.9. The maximum absolute atomic E-state index is 15.1. The van der Waals surface area contributed by atoms with Crippen LogP contribution in [0.4, 0.5) is 15.4 Å². The Kier molecular flexibility index (Phi) is 22.4. The lowest BCUT2D eigenvalue weighted by molar-refractivity contribution is -0.763. The number of unbranched alkanes of at least 4 members (excludes halogenated alkanes) is 2. The number of nitrogens with zero attached hydrogens (tertiary/aromatic N) is 12. The molecular weight excluding hydrogens is 1120 g/mol. The van der Waals surface area contributed by atoms with Gasteiger partial charge in [-0.25, -0.2) is 28.7 Å². The van der Waals surface area contributed by atoms with Gasteiger partial charge >= 0.3 is 18.3 Å². The van der Waals surface area contributed by atoms with Gasteiger partial charge in [-0.3, -0.25) is 4.98 Å². The number of methoxy groups -OCH3 is 1. The molecule has 0 spiro atoms. The molecule has 4 heterocycles. The summed E-state index contributed by atoms with van der Waals surface area (Å²) in [4.78, 5) is 101. The van der Waals surface area contributed by atoms with Crippen LogP contribution >= 0.6 is 0 Å². The number of hydrogen-bond acceptors (Lipinski definition) is 29. The molecule has 0 aliphatic carbocycles. The first-order valence-corrected chi connectivity index (χ1v) is 25.6. The number of esters is 1. The first-order chi connectivity index (χ1) is 39.4. The standard InChI is InChI=1S/C47H50N12O22S/c1-31(2)35-16-17-39(49-27-35)82(69,70)56(30-77-47(62)75-21-7-9-23-79-58(65)66)43-40(81-38-11-5-4-10-37(38)71-3)44(72-24-25-73-45(60)33-14-12-32(13-15-33)28-80-59(67)68)51-41(50-43)34-18-19-48-36(26-34)42-52-53-54-55(42)29-76-46(61)74-20-6-8-22-78-57(63)64/h4-5,10-19,26-27,31H,6-9,20-25,28-30H2,1-3H3. The fourth-order valence-electron chi connectivity index (χ4n) is 6.65. The van der Waals surface area contributed by atoms with Gasteiger partial charge in [0.25, 0.3) is 31.2 Å². The molecule has 0 radical (unpaired) electrons. The van der Waals surface area contributed by atoms with Crippen LogP contribution < -0.4 is 18.5 Å². The lowest BCUT2D eigenvalue weighted by Gasteiger charge is -2.26. The van der Waals surface area contributed by atoms with Crippen molar-refractivity contribution in [2.24, 2.45) is 0 Å². The number of carbonyl (C=O) groups excluding carboxylic acids is 3. The highest BCUT2D eigenvalue weighted by molar-refractivity contribution is 7.92. The van der Waals surface area contributed by atoms with Crippen molar-refractivity contribution in [1.29, 1.82) is 0 Å². The molecule has 2 aromatic carbocycles. The molecule has 0 bridgehead atoms. The number of ether oxygens (including phenoxy) is 8. The van der Waals surface area contributed by atoms with Gasteiger partial charge in [-0.2, -0.15) is 18.1 Å². The van der Waals surface area contributed by atoms with Crippen molar-refractivity contribution < 1.29 is 90.5 Å². The van der Waals surface area contributed by atoms with E-state index in [-0.39, 0.29) is 105 Å². The van der Waals surface area contributed by atoms with Crippen molar-refractivity contribution in [2.75, 3.05) is 57.8 Å². The lowest BCUT2D eigenvalue weighted by atomic mass is 10.1. The van der Waals surface area contributed by atoms with E-state index in [9.17, 15) is 44.7 Å². The van der Waals surface area contributed by atoms with Crippen LogP contribution in [0.15, 0.2) is 90.2 Å². The van der Waals surface area contributed by atoms with Gasteiger partial charge in [0.05, 0.1) is 39.1 Å². The Hall–Kier alpha value is -10.3. The number of carbonyl (C=O) groups is 3. The third kappa shape index (κ3) is 18.1. The van der Waals surface area contributed by atoms with Gasteiger partial charge in [-0.1, -0.05) is 44.2 Å². The van der Waals surface area contributed by atoms with Crippen LogP contribution in [0.3, 0.4) is 0 Å². The number of rotatable bonds is 33.